The highest BCUT2D eigenvalue weighted by atomic mass is 16.5. The number of aryl methyl sites for hydroxylation is 2. The van der Waals surface area contributed by atoms with Crippen LogP contribution in [-0.4, -0.2) is 38.0 Å². The molecule has 4 aromatic rings. The summed E-state index contributed by atoms with van der Waals surface area (Å²) in [7, 11) is 1.62. The molecule has 1 amide bonds. The van der Waals surface area contributed by atoms with Gasteiger partial charge in [0.2, 0.25) is 5.91 Å². The molecular weight excluding hydrogens is 404 g/mol. The molecule has 8 heteroatoms. The molecular formula is C24H22N6O2. The molecule has 0 spiro atoms. The van der Waals surface area contributed by atoms with E-state index in [-0.39, 0.29) is 11.8 Å². The van der Waals surface area contributed by atoms with Gasteiger partial charge in [0, 0.05) is 23.5 Å². The average molecular weight is 426 g/mol. The van der Waals surface area contributed by atoms with Crippen molar-refractivity contribution in [1.82, 2.24) is 25.0 Å². The third-order valence-corrected chi connectivity index (χ3v) is 5.68. The summed E-state index contributed by atoms with van der Waals surface area (Å²) in [6, 6.07) is 15.8. The second-order valence-corrected chi connectivity index (χ2v) is 7.85. The largest absolute Gasteiger partial charge is 0.497 e. The van der Waals surface area contributed by atoms with Gasteiger partial charge >= 0.3 is 0 Å². The number of aromatic nitrogens is 5. The summed E-state index contributed by atoms with van der Waals surface area (Å²) in [5, 5.41) is 16.0. The van der Waals surface area contributed by atoms with E-state index >= 15 is 0 Å². The topological polar surface area (TPSA) is 94.8 Å². The molecule has 160 valence electrons. The first-order valence-electron chi connectivity index (χ1n) is 10.3. The molecule has 32 heavy (non-hydrogen) atoms. The van der Waals surface area contributed by atoms with Gasteiger partial charge in [-0.2, -0.15) is 14.9 Å². The normalized spacial score (nSPS) is 15.2. The van der Waals surface area contributed by atoms with E-state index in [9.17, 15) is 4.79 Å². The molecule has 0 fully saturated rings. The number of fused-ring (bicyclic) bond motifs is 1. The standard InChI is InChI=1S/C24H22N6O2/c1-14-7-9-16(10-8-14)19-12-21(31)27-23-22(19)15(2)29-30(23)24-26-20(13-25-28-24)17-5-4-6-18(11-17)32-3/h4-11,13,19H,12H2,1-3H3,(H,27,31). The van der Waals surface area contributed by atoms with Crippen LogP contribution in [0.5, 0.6) is 5.75 Å². The van der Waals surface area contributed by atoms with E-state index < -0.39 is 0 Å². The third kappa shape index (κ3) is 3.49. The molecule has 1 atom stereocenters. The first-order chi connectivity index (χ1) is 15.5. The maximum atomic E-state index is 12.6. The van der Waals surface area contributed by atoms with Gasteiger partial charge in [-0.05, 0) is 31.5 Å². The Morgan fingerprint density at radius 3 is 2.72 bits per heavy atom. The summed E-state index contributed by atoms with van der Waals surface area (Å²) in [5.41, 5.74) is 5.53. The predicted molar refractivity (Wildman–Crippen MR) is 120 cm³/mol. The number of carbonyl (C=O) groups excluding carboxylic acids is 1. The van der Waals surface area contributed by atoms with Crippen molar-refractivity contribution in [2.45, 2.75) is 26.2 Å². The molecule has 1 unspecified atom stereocenters. The molecule has 2 aromatic carbocycles. The number of anilines is 1. The van der Waals surface area contributed by atoms with Gasteiger partial charge in [0.1, 0.15) is 11.6 Å². The van der Waals surface area contributed by atoms with Crippen molar-refractivity contribution in [2.75, 3.05) is 12.4 Å². The van der Waals surface area contributed by atoms with Gasteiger partial charge in [0.15, 0.2) is 0 Å². The maximum absolute atomic E-state index is 12.6. The smallest absolute Gasteiger partial charge is 0.272 e. The van der Waals surface area contributed by atoms with Crippen LogP contribution in [0.15, 0.2) is 54.7 Å². The van der Waals surface area contributed by atoms with Gasteiger partial charge in [-0.1, -0.05) is 42.0 Å². The second-order valence-electron chi connectivity index (χ2n) is 7.85. The predicted octanol–water partition coefficient (Wildman–Crippen LogP) is 3.82. The van der Waals surface area contributed by atoms with E-state index in [1.165, 1.54) is 5.56 Å². The van der Waals surface area contributed by atoms with E-state index in [2.05, 4.69) is 49.9 Å². The molecule has 0 radical (unpaired) electrons. The molecule has 1 aliphatic rings. The van der Waals surface area contributed by atoms with Crippen molar-refractivity contribution in [1.29, 1.82) is 0 Å². The van der Waals surface area contributed by atoms with E-state index in [1.54, 1.807) is 18.0 Å². The minimum absolute atomic E-state index is 0.0684. The lowest BCUT2D eigenvalue weighted by molar-refractivity contribution is -0.116. The van der Waals surface area contributed by atoms with E-state index in [0.717, 1.165) is 28.1 Å². The van der Waals surface area contributed by atoms with Gasteiger partial charge in [0.25, 0.3) is 5.95 Å². The van der Waals surface area contributed by atoms with E-state index in [0.29, 0.717) is 23.9 Å². The van der Waals surface area contributed by atoms with Crippen LogP contribution in [0.4, 0.5) is 5.82 Å². The minimum Gasteiger partial charge on any atom is -0.497 e. The van der Waals surface area contributed by atoms with Crippen LogP contribution in [0.3, 0.4) is 0 Å². The van der Waals surface area contributed by atoms with E-state index in [4.69, 9.17) is 4.74 Å². The van der Waals surface area contributed by atoms with Crippen LogP contribution in [0.2, 0.25) is 0 Å². The molecule has 1 N–H and O–H groups in total. The Morgan fingerprint density at radius 2 is 1.94 bits per heavy atom. The van der Waals surface area contributed by atoms with Gasteiger partial charge in [-0.3, -0.25) is 4.79 Å². The summed E-state index contributed by atoms with van der Waals surface area (Å²) in [5.74, 6) is 1.46. The van der Waals surface area contributed by atoms with Gasteiger partial charge < -0.3 is 10.1 Å². The minimum atomic E-state index is -0.0809. The Hall–Kier alpha value is -4.07. The fraction of sp³-hybridized carbons (Fsp3) is 0.208. The highest BCUT2D eigenvalue weighted by Crippen LogP contribution is 2.40. The van der Waals surface area contributed by atoms with Crippen molar-refractivity contribution in [3.8, 4) is 23.0 Å². The summed E-state index contributed by atoms with van der Waals surface area (Å²) < 4.78 is 6.88. The Labute approximate surface area is 185 Å². The molecule has 3 heterocycles. The zero-order valence-corrected chi connectivity index (χ0v) is 18.0. The Balaban J connectivity index is 1.60. The number of carbonyl (C=O) groups is 1. The number of methoxy groups -OCH3 is 1. The molecule has 0 saturated heterocycles. The van der Waals surface area contributed by atoms with Crippen LogP contribution >= 0.6 is 0 Å². The zero-order valence-electron chi connectivity index (χ0n) is 18.0. The number of hydrogen-bond donors (Lipinski definition) is 1. The first-order valence-corrected chi connectivity index (χ1v) is 10.3. The quantitative estimate of drug-likeness (QED) is 0.533. The number of rotatable bonds is 4. The monoisotopic (exact) mass is 426 g/mol. The lowest BCUT2D eigenvalue weighted by Crippen LogP contribution is -2.25. The maximum Gasteiger partial charge on any atom is 0.272 e. The van der Waals surface area contributed by atoms with Crippen molar-refractivity contribution in [3.63, 3.8) is 0 Å². The van der Waals surface area contributed by atoms with Crippen molar-refractivity contribution >= 4 is 11.7 Å². The van der Waals surface area contributed by atoms with Gasteiger partial charge in [-0.25, -0.2) is 4.98 Å². The number of nitrogens with zero attached hydrogens (tertiary/aromatic N) is 5. The molecule has 0 saturated carbocycles. The fourth-order valence-electron chi connectivity index (χ4n) is 4.08. The lowest BCUT2D eigenvalue weighted by Gasteiger charge is -2.24. The molecule has 0 bridgehead atoms. The second kappa shape index (κ2) is 7.88. The number of benzene rings is 2. The summed E-state index contributed by atoms with van der Waals surface area (Å²) in [6.45, 7) is 3.99. The summed E-state index contributed by atoms with van der Waals surface area (Å²) >= 11 is 0. The van der Waals surface area contributed by atoms with Gasteiger partial charge in [-0.15, -0.1) is 5.10 Å². The van der Waals surface area contributed by atoms with Gasteiger partial charge in [0.05, 0.1) is 24.7 Å². The number of hydrogen-bond acceptors (Lipinski definition) is 6. The first kappa shape index (κ1) is 19.9. The summed E-state index contributed by atoms with van der Waals surface area (Å²) in [6.07, 6.45) is 1.96. The molecule has 8 nitrogen and oxygen atoms in total. The highest BCUT2D eigenvalue weighted by Gasteiger charge is 2.33. The average Bonchev–Trinajstić information content (AvgIpc) is 3.15. The van der Waals surface area contributed by atoms with Crippen LogP contribution in [0.25, 0.3) is 17.2 Å². The Bertz CT molecular complexity index is 1310. The van der Waals surface area contributed by atoms with Crippen LogP contribution < -0.4 is 10.1 Å². The van der Waals surface area contributed by atoms with E-state index in [1.807, 2.05) is 38.1 Å². The number of nitrogens with one attached hydrogen (secondary N) is 1. The zero-order chi connectivity index (χ0) is 22.2. The third-order valence-electron chi connectivity index (χ3n) is 5.68. The van der Waals surface area contributed by atoms with Crippen molar-refractivity contribution in [2.24, 2.45) is 0 Å². The number of ether oxygens (including phenoxy) is 1. The Kier molecular flexibility index (Phi) is 4.89. The lowest BCUT2D eigenvalue weighted by atomic mass is 9.85. The van der Waals surface area contributed by atoms with Crippen LogP contribution in [0.1, 0.15) is 34.7 Å². The highest BCUT2D eigenvalue weighted by molar-refractivity contribution is 5.95. The molecule has 1 aliphatic heterocycles. The van der Waals surface area contributed by atoms with Crippen LogP contribution in [0, 0.1) is 13.8 Å². The Morgan fingerprint density at radius 1 is 1.12 bits per heavy atom. The van der Waals surface area contributed by atoms with Crippen molar-refractivity contribution < 1.29 is 9.53 Å². The fourth-order valence-corrected chi connectivity index (χ4v) is 4.08. The van der Waals surface area contributed by atoms with Crippen LogP contribution in [-0.2, 0) is 4.79 Å². The molecule has 2 aromatic heterocycles. The SMILES string of the molecule is COc1cccc(-c2cnnc(-n3nc(C)c4c3NC(=O)CC4c3ccc(C)cc3)n2)c1. The number of amides is 1. The molecule has 5 rings (SSSR count). The molecule has 0 aliphatic carbocycles. The summed E-state index contributed by atoms with van der Waals surface area (Å²) in [4.78, 5) is 17.3. The van der Waals surface area contributed by atoms with Crippen molar-refractivity contribution in [3.05, 3.63) is 77.1 Å².